The topological polar surface area (TPSA) is 72.9 Å². The molecule has 0 saturated heterocycles. The van der Waals surface area contributed by atoms with Crippen LogP contribution in [0.4, 0.5) is 5.69 Å². The molecule has 0 amide bonds. The summed E-state index contributed by atoms with van der Waals surface area (Å²) in [6.07, 6.45) is 3.20. The smallest absolute Gasteiger partial charge is 0.296 e. The van der Waals surface area contributed by atoms with Crippen molar-refractivity contribution in [3.05, 3.63) is 58.3 Å². The molecule has 1 aromatic heterocycles. The van der Waals surface area contributed by atoms with Crippen LogP contribution >= 0.6 is 0 Å². The summed E-state index contributed by atoms with van der Waals surface area (Å²) in [5.41, 5.74) is 1.26. The zero-order valence-corrected chi connectivity index (χ0v) is 11.0. The molecule has 19 heavy (non-hydrogen) atoms. The van der Waals surface area contributed by atoms with Gasteiger partial charge in [-0.3, -0.25) is 9.47 Å². The lowest BCUT2D eigenvalue weighted by Gasteiger charge is -2.10. The number of aromatic nitrogens is 2. The molecule has 2 aromatic rings. The lowest BCUT2D eigenvalue weighted by Crippen LogP contribution is -2.25. The monoisotopic (exact) mass is 258 g/mol. The SMILES string of the molecule is CCCc1nc(=O)c(NCc2ccccc2)cn1N. The zero-order valence-electron chi connectivity index (χ0n) is 11.0. The van der Waals surface area contributed by atoms with E-state index in [0.29, 0.717) is 24.5 Å². The van der Waals surface area contributed by atoms with Crippen molar-refractivity contribution in [3.8, 4) is 0 Å². The first-order valence-corrected chi connectivity index (χ1v) is 6.36. The minimum atomic E-state index is -0.263. The number of nitrogens with zero attached hydrogens (tertiary/aromatic N) is 2. The van der Waals surface area contributed by atoms with Gasteiger partial charge in [0.15, 0.2) is 0 Å². The number of nitrogens with one attached hydrogen (secondary N) is 1. The van der Waals surface area contributed by atoms with Crippen molar-refractivity contribution in [1.29, 1.82) is 0 Å². The second-order valence-electron chi connectivity index (χ2n) is 4.37. The molecule has 1 heterocycles. The van der Waals surface area contributed by atoms with E-state index in [9.17, 15) is 4.79 Å². The Morgan fingerprint density at radius 3 is 2.74 bits per heavy atom. The van der Waals surface area contributed by atoms with Crippen LogP contribution in [0.3, 0.4) is 0 Å². The normalized spacial score (nSPS) is 10.4. The van der Waals surface area contributed by atoms with Gasteiger partial charge >= 0.3 is 0 Å². The average molecular weight is 258 g/mol. The molecule has 2 rings (SSSR count). The van der Waals surface area contributed by atoms with Gasteiger partial charge in [0.1, 0.15) is 11.5 Å². The molecule has 1 aromatic carbocycles. The molecule has 0 fully saturated rings. The van der Waals surface area contributed by atoms with Crippen LogP contribution in [0, 0.1) is 0 Å². The van der Waals surface area contributed by atoms with Crippen molar-refractivity contribution in [2.45, 2.75) is 26.3 Å². The van der Waals surface area contributed by atoms with Crippen molar-refractivity contribution in [1.82, 2.24) is 9.66 Å². The van der Waals surface area contributed by atoms with Crippen LogP contribution < -0.4 is 16.7 Å². The second-order valence-corrected chi connectivity index (χ2v) is 4.37. The van der Waals surface area contributed by atoms with E-state index < -0.39 is 0 Å². The largest absolute Gasteiger partial charge is 0.375 e. The Hall–Kier alpha value is -2.30. The number of anilines is 1. The summed E-state index contributed by atoms with van der Waals surface area (Å²) >= 11 is 0. The van der Waals surface area contributed by atoms with Gasteiger partial charge in [-0.25, -0.2) is 0 Å². The van der Waals surface area contributed by atoms with Crippen LogP contribution in [0.2, 0.25) is 0 Å². The Kier molecular flexibility index (Phi) is 4.18. The van der Waals surface area contributed by atoms with Gasteiger partial charge in [0, 0.05) is 13.0 Å². The molecular formula is C14H18N4O. The summed E-state index contributed by atoms with van der Waals surface area (Å²) in [7, 11) is 0. The zero-order chi connectivity index (χ0) is 13.7. The van der Waals surface area contributed by atoms with Gasteiger partial charge in [0.05, 0.1) is 6.20 Å². The molecule has 0 spiro atoms. The third-order valence-corrected chi connectivity index (χ3v) is 2.83. The van der Waals surface area contributed by atoms with Crippen molar-refractivity contribution < 1.29 is 0 Å². The van der Waals surface area contributed by atoms with Crippen molar-refractivity contribution >= 4 is 5.69 Å². The fourth-order valence-electron chi connectivity index (χ4n) is 1.83. The van der Waals surface area contributed by atoms with Crippen molar-refractivity contribution in [2.75, 3.05) is 11.2 Å². The van der Waals surface area contributed by atoms with Crippen LogP contribution in [0.1, 0.15) is 24.7 Å². The molecule has 0 aliphatic heterocycles. The molecule has 3 N–H and O–H groups in total. The Morgan fingerprint density at radius 1 is 1.32 bits per heavy atom. The van der Waals surface area contributed by atoms with E-state index in [1.165, 1.54) is 4.68 Å². The number of aryl methyl sites for hydroxylation is 1. The Bertz CT molecular complexity index is 592. The standard InChI is InChI=1S/C14H18N4O/c1-2-6-13-17-14(19)12(10-18(13)15)16-9-11-7-4-3-5-8-11/h3-5,7-8,10,16H,2,6,9,15H2,1H3. The number of hydrogen-bond acceptors (Lipinski definition) is 4. The number of benzene rings is 1. The summed E-state index contributed by atoms with van der Waals surface area (Å²) in [4.78, 5) is 15.8. The molecule has 0 aliphatic rings. The number of rotatable bonds is 5. The predicted octanol–water partition coefficient (Wildman–Crippen LogP) is 1.52. The van der Waals surface area contributed by atoms with Crippen LogP contribution in [0.25, 0.3) is 0 Å². The highest BCUT2D eigenvalue weighted by Crippen LogP contribution is 2.04. The fraction of sp³-hybridized carbons (Fsp3) is 0.286. The maximum absolute atomic E-state index is 11.8. The summed E-state index contributed by atoms with van der Waals surface area (Å²) in [6, 6.07) is 9.86. The van der Waals surface area contributed by atoms with Crippen LogP contribution in [0.5, 0.6) is 0 Å². The molecule has 5 nitrogen and oxygen atoms in total. The van der Waals surface area contributed by atoms with E-state index in [-0.39, 0.29) is 5.56 Å². The van der Waals surface area contributed by atoms with E-state index in [1.807, 2.05) is 37.3 Å². The molecule has 0 unspecified atom stereocenters. The third-order valence-electron chi connectivity index (χ3n) is 2.83. The van der Waals surface area contributed by atoms with Gasteiger partial charge in [0.2, 0.25) is 0 Å². The Labute approximate surface area is 112 Å². The first-order valence-electron chi connectivity index (χ1n) is 6.36. The van der Waals surface area contributed by atoms with Gasteiger partial charge in [-0.1, -0.05) is 37.3 Å². The van der Waals surface area contributed by atoms with Crippen LogP contribution in [-0.2, 0) is 13.0 Å². The molecular weight excluding hydrogens is 240 g/mol. The quantitative estimate of drug-likeness (QED) is 0.798. The van der Waals surface area contributed by atoms with E-state index >= 15 is 0 Å². The molecule has 5 heteroatoms. The van der Waals surface area contributed by atoms with E-state index in [4.69, 9.17) is 5.84 Å². The lowest BCUT2D eigenvalue weighted by atomic mass is 10.2. The molecule has 0 radical (unpaired) electrons. The number of nitrogen functional groups attached to an aromatic ring is 1. The van der Waals surface area contributed by atoms with Crippen molar-refractivity contribution in [2.24, 2.45) is 0 Å². The minimum absolute atomic E-state index is 0.263. The van der Waals surface area contributed by atoms with Gasteiger partial charge in [-0.05, 0) is 12.0 Å². The van der Waals surface area contributed by atoms with Crippen LogP contribution in [-0.4, -0.2) is 9.66 Å². The molecule has 0 atom stereocenters. The van der Waals surface area contributed by atoms with E-state index in [1.54, 1.807) is 6.20 Å². The minimum Gasteiger partial charge on any atom is -0.375 e. The fourth-order valence-corrected chi connectivity index (χ4v) is 1.83. The first-order chi connectivity index (χ1) is 9.20. The van der Waals surface area contributed by atoms with Gasteiger partial charge < -0.3 is 11.2 Å². The number of nitrogens with two attached hydrogens (primary N) is 1. The lowest BCUT2D eigenvalue weighted by molar-refractivity contribution is 0.749. The summed E-state index contributed by atoms with van der Waals surface area (Å²) < 4.78 is 1.41. The first kappa shape index (κ1) is 13.1. The maximum Gasteiger partial charge on any atom is 0.296 e. The number of hydrogen-bond donors (Lipinski definition) is 2. The summed E-state index contributed by atoms with van der Waals surface area (Å²) in [6.45, 7) is 2.60. The van der Waals surface area contributed by atoms with Crippen molar-refractivity contribution in [3.63, 3.8) is 0 Å². The second kappa shape index (κ2) is 6.04. The van der Waals surface area contributed by atoms with E-state index in [2.05, 4.69) is 10.3 Å². The molecule has 0 aliphatic carbocycles. The average Bonchev–Trinajstić information content (AvgIpc) is 2.42. The maximum atomic E-state index is 11.8. The van der Waals surface area contributed by atoms with Gasteiger partial charge in [-0.2, -0.15) is 4.98 Å². The Morgan fingerprint density at radius 2 is 2.05 bits per heavy atom. The third kappa shape index (κ3) is 3.34. The molecule has 0 saturated carbocycles. The summed E-state index contributed by atoms with van der Waals surface area (Å²) in [5.74, 6) is 6.43. The molecule has 100 valence electrons. The summed E-state index contributed by atoms with van der Waals surface area (Å²) in [5, 5.41) is 3.06. The molecule has 0 bridgehead atoms. The highest BCUT2D eigenvalue weighted by Gasteiger charge is 2.05. The van der Waals surface area contributed by atoms with Gasteiger partial charge in [0.25, 0.3) is 5.56 Å². The van der Waals surface area contributed by atoms with Crippen LogP contribution in [0.15, 0.2) is 41.3 Å². The van der Waals surface area contributed by atoms with E-state index in [0.717, 1.165) is 12.0 Å². The highest BCUT2D eigenvalue weighted by molar-refractivity contribution is 5.39. The van der Waals surface area contributed by atoms with Gasteiger partial charge in [-0.15, -0.1) is 0 Å². The predicted molar refractivity (Wildman–Crippen MR) is 76.4 cm³/mol. The Balaban J connectivity index is 2.13. The highest BCUT2D eigenvalue weighted by atomic mass is 16.1.